The van der Waals surface area contributed by atoms with E-state index in [1.54, 1.807) is 7.11 Å². The molecule has 5 nitrogen and oxygen atoms in total. The summed E-state index contributed by atoms with van der Waals surface area (Å²) in [6, 6.07) is 4.56. The standard InChI is InChI=1S/C14H26N4O/c1-5-13(6-2)18(9-10-19-4)14-8-7-12(11-15-3)16-17-14/h7-8,13,15H,5-6,9-11H2,1-4H3. The Balaban J connectivity index is 2.83. The van der Waals surface area contributed by atoms with E-state index >= 15 is 0 Å². The Morgan fingerprint density at radius 1 is 1.26 bits per heavy atom. The van der Waals surface area contributed by atoms with Crippen molar-refractivity contribution in [3.63, 3.8) is 0 Å². The van der Waals surface area contributed by atoms with Crippen LogP contribution in [-0.2, 0) is 11.3 Å². The second kappa shape index (κ2) is 8.82. The fraction of sp³-hybridized carbons (Fsp3) is 0.714. The van der Waals surface area contributed by atoms with Crippen LogP contribution in [0.5, 0.6) is 0 Å². The molecule has 1 rings (SSSR count). The van der Waals surface area contributed by atoms with Crippen molar-refractivity contribution < 1.29 is 4.74 Å². The Morgan fingerprint density at radius 3 is 2.47 bits per heavy atom. The first-order valence-corrected chi connectivity index (χ1v) is 6.99. The molecule has 1 N–H and O–H groups in total. The van der Waals surface area contributed by atoms with Crippen LogP contribution in [0, 0.1) is 0 Å². The topological polar surface area (TPSA) is 50.3 Å². The predicted molar refractivity (Wildman–Crippen MR) is 78.4 cm³/mol. The Morgan fingerprint density at radius 2 is 2.00 bits per heavy atom. The number of rotatable bonds is 9. The summed E-state index contributed by atoms with van der Waals surface area (Å²) < 4.78 is 5.20. The SMILES string of the molecule is CCC(CC)N(CCOC)c1ccc(CNC)nn1. The number of ether oxygens (including phenoxy) is 1. The minimum absolute atomic E-state index is 0.486. The van der Waals surface area contributed by atoms with Crippen molar-refractivity contribution in [1.29, 1.82) is 0 Å². The highest BCUT2D eigenvalue weighted by molar-refractivity contribution is 5.38. The monoisotopic (exact) mass is 266 g/mol. The lowest BCUT2D eigenvalue weighted by Crippen LogP contribution is -2.37. The number of anilines is 1. The van der Waals surface area contributed by atoms with Gasteiger partial charge in [0, 0.05) is 26.2 Å². The summed E-state index contributed by atoms with van der Waals surface area (Å²) >= 11 is 0. The highest BCUT2D eigenvalue weighted by Gasteiger charge is 2.17. The van der Waals surface area contributed by atoms with E-state index in [2.05, 4.69) is 34.3 Å². The zero-order valence-corrected chi connectivity index (χ0v) is 12.5. The molecule has 0 aromatic carbocycles. The lowest BCUT2D eigenvalue weighted by molar-refractivity contribution is 0.202. The molecule has 0 unspecified atom stereocenters. The maximum absolute atomic E-state index is 5.20. The number of methoxy groups -OCH3 is 1. The fourth-order valence-corrected chi connectivity index (χ4v) is 2.18. The van der Waals surface area contributed by atoms with Gasteiger partial charge in [-0.1, -0.05) is 13.8 Å². The van der Waals surface area contributed by atoms with E-state index in [1.807, 2.05) is 19.2 Å². The van der Waals surface area contributed by atoms with Crippen LogP contribution in [0.3, 0.4) is 0 Å². The summed E-state index contributed by atoms with van der Waals surface area (Å²) in [4.78, 5) is 2.29. The molecule has 1 heterocycles. The number of nitrogens with zero attached hydrogens (tertiary/aromatic N) is 3. The van der Waals surface area contributed by atoms with Gasteiger partial charge in [-0.25, -0.2) is 0 Å². The molecule has 0 aliphatic rings. The molecule has 0 radical (unpaired) electrons. The third kappa shape index (κ3) is 4.76. The maximum Gasteiger partial charge on any atom is 0.151 e. The average molecular weight is 266 g/mol. The molecule has 19 heavy (non-hydrogen) atoms. The van der Waals surface area contributed by atoms with Gasteiger partial charge in [0.05, 0.1) is 12.3 Å². The third-order valence-corrected chi connectivity index (χ3v) is 3.28. The molecule has 0 aliphatic heterocycles. The lowest BCUT2D eigenvalue weighted by Gasteiger charge is -2.31. The van der Waals surface area contributed by atoms with E-state index in [-0.39, 0.29) is 0 Å². The van der Waals surface area contributed by atoms with Crippen LogP contribution in [0.2, 0.25) is 0 Å². The van der Waals surface area contributed by atoms with E-state index in [1.165, 1.54) is 0 Å². The molecule has 0 saturated carbocycles. The highest BCUT2D eigenvalue weighted by atomic mass is 16.5. The van der Waals surface area contributed by atoms with Gasteiger partial charge in [0.1, 0.15) is 0 Å². The van der Waals surface area contributed by atoms with Crippen LogP contribution in [-0.4, -0.2) is 43.5 Å². The first-order chi connectivity index (χ1) is 9.26. The van der Waals surface area contributed by atoms with Gasteiger partial charge in [-0.2, -0.15) is 5.10 Å². The van der Waals surface area contributed by atoms with E-state index in [9.17, 15) is 0 Å². The molecule has 0 fully saturated rings. The number of aromatic nitrogens is 2. The Bertz CT molecular complexity index is 338. The molecule has 108 valence electrons. The quantitative estimate of drug-likeness (QED) is 0.739. The Labute approximate surface area is 116 Å². The van der Waals surface area contributed by atoms with Gasteiger partial charge in [0.25, 0.3) is 0 Å². The lowest BCUT2D eigenvalue weighted by atomic mass is 10.1. The van der Waals surface area contributed by atoms with Gasteiger partial charge in [0.2, 0.25) is 0 Å². The summed E-state index contributed by atoms with van der Waals surface area (Å²) in [7, 11) is 3.64. The van der Waals surface area contributed by atoms with Crippen LogP contribution in [0.25, 0.3) is 0 Å². The highest BCUT2D eigenvalue weighted by Crippen LogP contribution is 2.17. The number of hydrogen-bond acceptors (Lipinski definition) is 5. The normalized spacial score (nSPS) is 11.0. The second-order valence-corrected chi connectivity index (χ2v) is 4.57. The minimum Gasteiger partial charge on any atom is -0.383 e. The smallest absolute Gasteiger partial charge is 0.151 e. The first-order valence-electron chi connectivity index (χ1n) is 6.99. The van der Waals surface area contributed by atoms with Crippen LogP contribution in [0.15, 0.2) is 12.1 Å². The van der Waals surface area contributed by atoms with E-state index in [0.29, 0.717) is 12.6 Å². The number of nitrogens with one attached hydrogen (secondary N) is 1. The predicted octanol–water partition coefficient (Wildman–Crippen LogP) is 1.84. The summed E-state index contributed by atoms with van der Waals surface area (Å²) in [5, 5.41) is 11.7. The van der Waals surface area contributed by atoms with Crippen molar-refractivity contribution in [1.82, 2.24) is 15.5 Å². The molecule has 0 spiro atoms. The Kier molecular flexibility index (Phi) is 7.36. The van der Waals surface area contributed by atoms with Crippen LogP contribution >= 0.6 is 0 Å². The Hall–Kier alpha value is -1.20. The molecule has 0 atom stereocenters. The molecule has 0 saturated heterocycles. The molecular formula is C14H26N4O. The maximum atomic E-state index is 5.20. The van der Waals surface area contributed by atoms with Gasteiger partial charge < -0.3 is 15.0 Å². The van der Waals surface area contributed by atoms with Gasteiger partial charge in [-0.3, -0.25) is 0 Å². The molecule has 0 bridgehead atoms. The second-order valence-electron chi connectivity index (χ2n) is 4.57. The van der Waals surface area contributed by atoms with Gasteiger partial charge in [0.15, 0.2) is 5.82 Å². The van der Waals surface area contributed by atoms with Crippen LogP contribution in [0.1, 0.15) is 32.4 Å². The molecule has 5 heteroatoms. The zero-order valence-electron chi connectivity index (χ0n) is 12.5. The van der Waals surface area contributed by atoms with Crippen LogP contribution < -0.4 is 10.2 Å². The van der Waals surface area contributed by atoms with Gasteiger partial charge in [-0.05, 0) is 32.0 Å². The van der Waals surface area contributed by atoms with Crippen molar-refractivity contribution in [2.45, 2.75) is 39.3 Å². The van der Waals surface area contributed by atoms with E-state index in [0.717, 1.165) is 37.4 Å². The minimum atomic E-state index is 0.486. The summed E-state index contributed by atoms with van der Waals surface area (Å²) in [5.41, 5.74) is 0.961. The van der Waals surface area contributed by atoms with Crippen molar-refractivity contribution in [3.8, 4) is 0 Å². The van der Waals surface area contributed by atoms with Crippen molar-refractivity contribution >= 4 is 5.82 Å². The molecule has 1 aromatic heterocycles. The molecule has 1 aromatic rings. The van der Waals surface area contributed by atoms with E-state index < -0.39 is 0 Å². The first kappa shape index (κ1) is 15.9. The molecular weight excluding hydrogens is 240 g/mol. The van der Waals surface area contributed by atoms with Crippen molar-refractivity contribution in [2.24, 2.45) is 0 Å². The number of hydrogen-bond donors (Lipinski definition) is 1. The zero-order chi connectivity index (χ0) is 14.1. The average Bonchev–Trinajstić information content (AvgIpc) is 2.45. The molecule has 0 amide bonds. The third-order valence-electron chi connectivity index (χ3n) is 3.28. The fourth-order valence-electron chi connectivity index (χ4n) is 2.18. The molecule has 0 aliphatic carbocycles. The largest absolute Gasteiger partial charge is 0.383 e. The van der Waals surface area contributed by atoms with Crippen molar-refractivity contribution in [2.75, 3.05) is 32.2 Å². The van der Waals surface area contributed by atoms with Gasteiger partial charge in [-0.15, -0.1) is 5.10 Å². The summed E-state index contributed by atoms with van der Waals surface area (Å²) in [5.74, 6) is 0.936. The summed E-state index contributed by atoms with van der Waals surface area (Å²) in [6.07, 6.45) is 2.19. The van der Waals surface area contributed by atoms with Crippen molar-refractivity contribution in [3.05, 3.63) is 17.8 Å². The summed E-state index contributed by atoms with van der Waals surface area (Å²) in [6.45, 7) is 6.71. The van der Waals surface area contributed by atoms with E-state index in [4.69, 9.17) is 4.74 Å². The van der Waals surface area contributed by atoms with Crippen LogP contribution in [0.4, 0.5) is 5.82 Å². The van der Waals surface area contributed by atoms with Gasteiger partial charge >= 0.3 is 0 Å².